The van der Waals surface area contributed by atoms with Gasteiger partial charge in [0.05, 0.1) is 17.7 Å². The molecule has 0 aliphatic rings. The summed E-state index contributed by atoms with van der Waals surface area (Å²) in [5.41, 5.74) is 3.68. The van der Waals surface area contributed by atoms with Crippen LogP contribution in [0.15, 0.2) is 71.6 Å². The second-order valence-electron chi connectivity index (χ2n) is 11.1. The molecular weight excluding hydrogens is 550 g/mol. The van der Waals surface area contributed by atoms with Gasteiger partial charge in [-0.3, -0.25) is 13.9 Å². The maximum atomic E-state index is 14.3. The minimum Gasteiger partial charge on any atom is -0.497 e. The molecule has 0 radical (unpaired) electrons. The molecule has 0 saturated heterocycles. The molecule has 1 atom stereocenters. The quantitative estimate of drug-likeness (QED) is 0.287. The molecule has 0 aliphatic heterocycles. The standard InChI is InChI=1S/C33H43N3O5S/c1-8-30(33(38)34-20-23(2)3)35(21-27-10-9-11-28(19-27)41-7)32(37)22-36(31-18-25(5)12-15-26(31)6)42(39,40)29-16-13-24(4)14-17-29/h9-19,23,30H,8,20-22H2,1-7H3,(H,34,38)/t30-/m1/s1. The number of amides is 2. The van der Waals surface area contributed by atoms with Crippen molar-refractivity contribution in [3.8, 4) is 5.75 Å². The van der Waals surface area contributed by atoms with Crippen molar-refractivity contribution in [2.75, 3.05) is 24.5 Å². The largest absolute Gasteiger partial charge is 0.497 e. The molecule has 0 aliphatic carbocycles. The van der Waals surface area contributed by atoms with Gasteiger partial charge in [0.1, 0.15) is 18.3 Å². The Labute approximate surface area is 250 Å². The number of hydrogen-bond donors (Lipinski definition) is 1. The summed E-state index contributed by atoms with van der Waals surface area (Å²) in [6, 6.07) is 18.6. The van der Waals surface area contributed by atoms with Gasteiger partial charge < -0.3 is 15.0 Å². The predicted octanol–water partition coefficient (Wildman–Crippen LogP) is 5.40. The van der Waals surface area contributed by atoms with E-state index in [-0.39, 0.29) is 23.3 Å². The van der Waals surface area contributed by atoms with E-state index < -0.39 is 28.5 Å². The number of carbonyl (C=O) groups excluding carboxylic acids is 2. The topological polar surface area (TPSA) is 96.0 Å². The van der Waals surface area contributed by atoms with Crippen LogP contribution in [0.5, 0.6) is 5.75 Å². The maximum Gasteiger partial charge on any atom is 0.264 e. The molecule has 0 spiro atoms. The average Bonchev–Trinajstić information content (AvgIpc) is 2.96. The average molecular weight is 594 g/mol. The predicted molar refractivity (Wildman–Crippen MR) is 167 cm³/mol. The third-order valence-electron chi connectivity index (χ3n) is 7.08. The SMILES string of the molecule is CC[C@H](C(=O)NCC(C)C)N(Cc1cccc(OC)c1)C(=O)CN(c1cc(C)ccc1C)S(=O)(=O)c1ccc(C)cc1. The van der Waals surface area contributed by atoms with Crippen LogP contribution >= 0.6 is 0 Å². The Hall–Kier alpha value is -3.85. The van der Waals surface area contributed by atoms with Crippen molar-refractivity contribution in [2.45, 2.75) is 65.4 Å². The molecule has 3 aromatic carbocycles. The lowest BCUT2D eigenvalue weighted by atomic mass is 10.1. The number of ether oxygens (including phenoxy) is 1. The molecule has 0 fully saturated rings. The molecule has 3 rings (SSSR count). The van der Waals surface area contributed by atoms with Crippen LogP contribution in [0.3, 0.4) is 0 Å². The van der Waals surface area contributed by atoms with Crippen molar-refractivity contribution in [1.82, 2.24) is 10.2 Å². The lowest BCUT2D eigenvalue weighted by Crippen LogP contribution is -2.52. The summed E-state index contributed by atoms with van der Waals surface area (Å²) >= 11 is 0. The van der Waals surface area contributed by atoms with Gasteiger partial charge in [-0.1, -0.05) is 62.7 Å². The van der Waals surface area contributed by atoms with E-state index in [2.05, 4.69) is 5.32 Å². The Morgan fingerprint density at radius 2 is 1.60 bits per heavy atom. The zero-order valence-electron chi connectivity index (χ0n) is 25.7. The highest BCUT2D eigenvalue weighted by atomic mass is 32.2. The van der Waals surface area contributed by atoms with Crippen LogP contribution in [0.1, 0.15) is 49.4 Å². The Bertz CT molecular complexity index is 1490. The van der Waals surface area contributed by atoms with Crippen LogP contribution in [0.25, 0.3) is 0 Å². The van der Waals surface area contributed by atoms with E-state index in [0.29, 0.717) is 30.0 Å². The number of sulfonamides is 1. The maximum absolute atomic E-state index is 14.3. The first-order chi connectivity index (χ1) is 19.9. The first-order valence-corrected chi connectivity index (χ1v) is 15.7. The van der Waals surface area contributed by atoms with Gasteiger partial charge in [-0.2, -0.15) is 0 Å². The van der Waals surface area contributed by atoms with Crippen molar-refractivity contribution in [2.24, 2.45) is 5.92 Å². The number of anilines is 1. The van der Waals surface area contributed by atoms with E-state index in [1.165, 1.54) is 9.21 Å². The van der Waals surface area contributed by atoms with Gasteiger partial charge in [-0.05, 0) is 80.1 Å². The normalized spacial score (nSPS) is 12.1. The minimum absolute atomic E-state index is 0.0860. The van der Waals surface area contributed by atoms with Gasteiger partial charge in [0.2, 0.25) is 11.8 Å². The monoisotopic (exact) mass is 593 g/mol. The van der Waals surface area contributed by atoms with E-state index in [4.69, 9.17) is 4.74 Å². The number of aryl methyl sites for hydroxylation is 3. The third-order valence-corrected chi connectivity index (χ3v) is 8.85. The number of nitrogens with one attached hydrogen (secondary N) is 1. The van der Waals surface area contributed by atoms with Gasteiger partial charge in [0.25, 0.3) is 10.0 Å². The summed E-state index contributed by atoms with van der Waals surface area (Å²) in [7, 11) is -2.57. The lowest BCUT2D eigenvalue weighted by Gasteiger charge is -2.34. The first-order valence-electron chi connectivity index (χ1n) is 14.2. The molecule has 42 heavy (non-hydrogen) atoms. The van der Waals surface area contributed by atoms with Gasteiger partial charge in [-0.15, -0.1) is 0 Å². The van der Waals surface area contributed by atoms with Crippen molar-refractivity contribution >= 4 is 27.5 Å². The lowest BCUT2D eigenvalue weighted by molar-refractivity contribution is -0.140. The third kappa shape index (κ3) is 8.12. The summed E-state index contributed by atoms with van der Waals surface area (Å²) in [5.74, 6) is 0.0904. The van der Waals surface area contributed by atoms with E-state index in [1.807, 2.05) is 71.9 Å². The zero-order chi connectivity index (χ0) is 31.0. The first kappa shape index (κ1) is 32.7. The number of benzene rings is 3. The second-order valence-corrected chi connectivity index (χ2v) is 12.9. The molecule has 226 valence electrons. The molecule has 9 heteroatoms. The highest BCUT2D eigenvalue weighted by Crippen LogP contribution is 2.29. The van der Waals surface area contributed by atoms with Crippen LogP contribution < -0.4 is 14.4 Å². The van der Waals surface area contributed by atoms with Crippen LogP contribution in [0, 0.1) is 26.7 Å². The number of methoxy groups -OCH3 is 1. The van der Waals surface area contributed by atoms with E-state index >= 15 is 0 Å². The highest BCUT2D eigenvalue weighted by molar-refractivity contribution is 7.92. The van der Waals surface area contributed by atoms with Gasteiger partial charge >= 0.3 is 0 Å². The van der Waals surface area contributed by atoms with Crippen molar-refractivity contribution in [3.63, 3.8) is 0 Å². The smallest absolute Gasteiger partial charge is 0.264 e. The van der Waals surface area contributed by atoms with Crippen molar-refractivity contribution in [1.29, 1.82) is 0 Å². The molecule has 1 N–H and O–H groups in total. The van der Waals surface area contributed by atoms with Gasteiger partial charge in [0, 0.05) is 13.1 Å². The van der Waals surface area contributed by atoms with E-state index in [9.17, 15) is 18.0 Å². The van der Waals surface area contributed by atoms with Crippen molar-refractivity contribution < 1.29 is 22.7 Å². The molecule has 0 unspecified atom stereocenters. The summed E-state index contributed by atoms with van der Waals surface area (Å²) in [6.07, 6.45) is 0.355. The second kappa shape index (κ2) is 14.4. The number of hydrogen-bond acceptors (Lipinski definition) is 5. The molecule has 0 saturated carbocycles. The molecule has 0 heterocycles. The van der Waals surface area contributed by atoms with Crippen LogP contribution in [-0.2, 0) is 26.2 Å². The Balaban J connectivity index is 2.10. The van der Waals surface area contributed by atoms with Gasteiger partial charge in [0.15, 0.2) is 0 Å². The summed E-state index contributed by atoms with van der Waals surface area (Å²) in [6.45, 7) is 11.5. The number of carbonyl (C=O) groups is 2. The molecule has 0 aromatic heterocycles. The van der Waals surface area contributed by atoms with E-state index in [1.54, 1.807) is 43.5 Å². The molecule has 0 bridgehead atoms. The summed E-state index contributed by atoms with van der Waals surface area (Å²) in [4.78, 5) is 29.2. The molecule has 3 aromatic rings. The number of rotatable bonds is 13. The summed E-state index contributed by atoms with van der Waals surface area (Å²) < 4.78 is 34.8. The van der Waals surface area contributed by atoms with Crippen LogP contribution in [0.2, 0.25) is 0 Å². The Morgan fingerprint density at radius 3 is 2.21 bits per heavy atom. The molecule has 2 amide bonds. The highest BCUT2D eigenvalue weighted by Gasteiger charge is 2.34. The van der Waals surface area contributed by atoms with Crippen LogP contribution in [0.4, 0.5) is 5.69 Å². The minimum atomic E-state index is -4.13. The molecule has 8 nitrogen and oxygen atoms in total. The van der Waals surface area contributed by atoms with Crippen molar-refractivity contribution in [3.05, 3.63) is 89.0 Å². The zero-order valence-corrected chi connectivity index (χ0v) is 26.5. The van der Waals surface area contributed by atoms with E-state index in [0.717, 1.165) is 16.7 Å². The Kier molecular flexibility index (Phi) is 11.2. The Morgan fingerprint density at radius 1 is 0.929 bits per heavy atom. The fourth-order valence-corrected chi connectivity index (χ4v) is 6.12. The molecular formula is C33H43N3O5S. The van der Waals surface area contributed by atoms with Gasteiger partial charge in [-0.25, -0.2) is 8.42 Å². The number of nitrogens with zero attached hydrogens (tertiary/aromatic N) is 2. The summed E-state index contributed by atoms with van der Waals surface area (Å²) in [5, 5.41) is 2.95. The fraction of sp³-hybridized carbons (Fsp3) is 0.394. The van der Waals surface area contributed by atoms with Crippen LogP contribution in [-0.4, -0.2) is 51.4 Å². The fourth-order valence-electron chi connectivity index (χ4n) is 4.65.